The Balaban J connectivity index is 4.95. The van der Waals surface area contributed by atoms with E-state index in [2.05, 4.69) is 16.0 Å². The lowest BCUT2D eigenvalue weighted by molar-refractivity contribution is -0.151. The van der Waals surface area contributed by atoms with Crippen LogP contribution in [0, 0.1) is 0 Å². The predicted octanol–water partition coefficient (Wildman–Crippen LogP) is -4.23. The number of aliphatic carboxylic acids is 3. The number of amides is 5. The van der Waals surface area contributed by atoms with Gasteiger partial charge in [0.15, 0.2) is 0 Å². The maximum absolute atomic E-state index is 12.6. The minimum Gasteiger partial charge on any atom is -0.474 e. The summed E-state index contributed by atoms with van der Waals surface area (Å²) in [5.41, 5.74) is 1.85. The summed E-state index contributed by atoms with van der Waals surface area (Å²) in [7, 11) is 0. The Bertz CT molecular complexity index is 832. The number of carbonyl (C=O) groups excluding carboxylic acids is 5. The lowest BCUT2D eigenvalue weighted by atomic mass is 10.1. The Morgan fingerprint density at radius 3 is 1.34 bits per heavy atom. The highest BCUT2D eigenvalue weighted by molar-refractivity contribution is 6.32. The highest BCUT2D eigenvalue weighted by Gasteiger charge is 2.27. The van der Waals surface area contributed by atoms with Crippen LogP contribution in [0.4, 0.5) is 0 Å². The average Bonchev–Trinajstić information content (AvgIpc) is 2.80. The van der Waals surface area contributed by atoms with Gasteiger partial charge in [0.2, 0.25) is 5.91 Å². The van der Waals surface area contributed by atoms with E-state index >= 15 is 0 Å². The first-order valence-corrected chi connectivity index (χ1v) is 10.3. The number of hydrogen-bond donors (Lipinski definition) is 9. The molecule has 17 heteroatoms. The second-order valence-electron chi connectivity index (χ2n) is 7.01. The summed E-state index contributed by atoms with van der Waals surface area (Å²) in [5, 5.41) is 34.3. The molecular weight excluding hydrogens is 476 g/mol. The Kier molecular flexibility index (Phi) is 14.4. The quantitative estimate of drug-likeness (QED) is 0.0357. The van der Waals surface area contributed by atoms with Crippen molar-refractivity contribution in [2.45, 2.75) is 50.6 Å². The van der Waals surface area contributed by atoms with Gasteiger partial charge >= 0.3 is 35.6 Å². The third-order valence-corrected chi connectivity index (χ3v) is 4.39. The van der Waals surface area contributed by atoms with Gasteiger partial charge in [0, 0.05) is 13.1 Å². The van der Waals surface area contributed by atoms with E-state index in [-0.39, 0.29) is 51.6 Å². The molecule has 35 heavy (non-hydrogen) atoms. The molecule has 0 radical (unpaired) electrons. The van der Waals surface area contributed by atoms with Crippen molar-refractivity contribution < 1.29 is 53.7 Å². The predicted molar refractivity (Wildman–Crippen MR) is 113 cm³/mol. The molecular formula is C18H28N6O11. The number of hydrazine groups is 1. The smallest absolute Gasteiger partial charge is 0.394 e. The second-order valence-corrected chi connectivity index (χ2v) is 7.01. The van der Waals surface area contributed by atoms with Crippen molar-refractivity contribution in [2.75, 3.05) is 13.1 Å². The third kappa shape index (κ3) is 13.1. The maximum Gasteiger partial charge on any atom is 0.394 e. The molecule has 0 aromatic rings. The lowest BCUT2D eigenvalue weighted by Gasteiger charge is -2.22. The first-order chi connectivity index (χ1) is 16.4. The number of rotatable bonds is 14. The van der Waals surface area contributed by atoms with Gasteiger partial charge in [-0.15, -0.1) is 0 Å². The molecule has 10 N–H and O–H groups in total. The number of carboxylic acid groups (broad SMARTS) is 3. The van der Waals surface area contributed by atoms with Crippen LogP contribution in [0.1, 0.15) is 38.5 Å². The number of nitrogens with two attached hydrogens (primary N) is 1. The summed E-state index contributed by atoms with van der Waals surface area (Å²) >= 11 is 0. The summed E-state index contributed by atoms with van der Waals surface area (Å²) in [4.78, 5) is 89.9. The number of unbranched alkanes of at least 4 members (excludes halogenated alkanes) is 2. The average molecular weight is 504 g/mol. The maximum atomic E-state index is 12.6. The monoisotopic (exact) mass is 504 g/mol. The van der Waals surface area contributed by atoms with Crippen molar-refractivity contribution in [2.24, 2.45) is 5.84 Å². The largest absolute Gasteiger partial charge is 0.474 e. The van der Waals surface area contributed by atoms with Crippen LogP contribution < -0.4 is 32.5 Å². The lowest BCUT2D eigenvalue weighted by Crippen LogP contribution is -2.55. The number of carboxylic acids is 3. The van der Waals surface area contributed by atoms with E-state index in [9.17, 15) is 38.4 Å². The van der Waals surface area contributed by atoms with Crippen molar-refractivity contribution in [3.8, 4) is 0 Å². The van der Waals surface area contributed by atoms with E-state index in [1.165, 1.54) is 0 Å². The van der Waals surface area contributed by atoms with E-state index in [0.717, 1.165) is 0 Å². The zero-order chi connectivity index (χ0) is 27.0. The Labute approximate surface area is 198 Å². The molecule has 0 aliphatic rings. The summed E-state index contributed by atoms with van der Waals surface area (Å²) < 4.78 is 0. The molecule has 0 fully saturated rings. The van der Waals surface area contributed by atoms with E-state index in [1.54, 1.807) is 0 Å². The van der Waals surface area contributed by atoms with E-state index in [0.29, 0.717) is 0 Å². The second kappa shape index (κ2) is 16.4. The van der Waals surface area contributed by atoms with Gasteiger partial charge in [0.1, 0.15) is 12.1 Å². The molecule has 17 nitrogen and oxygen atoms in total. The van der Waals surface area contributed by atoms with Gasteiger partial charge in [0.05, 0.1) is 0 Å². The molecule has 0 rings (SSSR count). The molecule has 0 saturated heterocycles. The van der Waals surface area contributed by atoms with Gasteiger partial charge in [0.25, 0.3) is 5.91 Å². The van der Waals surface area contributed by atoms with E-state index in [1.807, 2.05) is 10.7 Å². The van der Waals surface area contributed by atoms with Gasteiger partial charge in [-0.05, 0) is 38.5 Å². The van der Waals surface area contributed by atoms with Gasteiger partial charge in [-0.2, -0.15) is 0 Å². The zero-order valence-corrected chi connectivity index (χ0v) is 18.5. The fraction of sp³-hybridized carbons (Fsp3) is 0.556. The van der Waals surface area contributed by atoms with Crippen LogP contribution in [-0.4, -0.2) is 87.9 Å². The molecule has 0 aromatic heterocycles. The Hall–Kier alpha value is -4.28. The van der Waals surface area contributed by atoms with Crippen LogP contribution in [0.3, 0.4) is 0 Å². The number of hydrogen-bond acceptors (Lipinski definition) is 9. The third-order valence-electron chi connectivity index (χ3n) is 4.39. The van der Waals surface area contributed by atoms with Crippen LogP contribution in [0.2, 0.25) is 0 Å². The molecule has 5 amide bonds. The van der Waals surface area contributed by atoms with Crippen molar-refractivity contribution in [3.63, 3.8) is 0 Å². The van der Waals surface area contributed by atoms with Crippen molar-refractivity contribution in [1.82, 2.24) is 26.7 Å². The van der Waals surface area contributed by atoms with Gasteiger partial charge in [-0.1, -0.05) is 0 Å². The standard InChI is InChI=1S/C18H28N6O11/c19-24-12(26)10(6-2-4-8-21-14(28)17(32)33)22-11(25)9(23-15(29)18(34)35)5-1-3-7-20-13(27)16(30)31/h9-10H,1-8,19H2,(H,20,27)(H,21,28)(H,22,25)(H,23,29)(H,24,26)(H,30,31)(H,32,33)(H,34,35)/t9-,10-/m0/s1. The van der Waals surface area contributed by atoms with Gasteiger partial charge in [-0.3, -0.25) is 29.4 Å². The van der Waals surface area contributed by atoms with Crippen LogP contribution >= 0.6 is 0 Å². The molecule has 0 aliphatic carbocycles. The molecule has 0 aliphatic heterocycles. The fourth-order valence-electron chi connectivity index (χ4n) is 2.63. The SMILES string of the molecule is NNC(=O)[C@H](CCCCNC(=O)C(=O)O)NC(=O)[C@H](CCCCNC(=O)C(=O)O)NC(=O)C(=O)O. The molecule has 0 aromatic carbocycles. The summed E-state index contributed by atoms with van der Waals surface area (Å²) in [6.45, 7) is -0.0608. The van der Waals surface area contributed by atoms with Crippen LogP contribution in [-0.2, 0) is 38.4 Å². The minimum atomic E-state index is -1.85. The molecule has 0 bridgehead atoms. The van der Waals surface area contributed by atoms with Crippen molar-refractivity contribution in [3.05, 3.63) is 0 Å². The molecule has 2 atom stereocenters. The highest BCUT2D eigenvalue weighted by atomic mass is 16.4. The first kappa shape index (κ1) is 30.7. The number of nitrogens with one attached hydrogen (secondary N) is 5. The van der Waals surface area contributed by atoms with Crippen molar-refractivity contribution >= 4 is 47.4 Å². The summed E-state index contributed by atoms with van der Waals surface area (Å²) in [6.07, 6.45) is 0.762. The molecule has 196 valence electrons. The summed E-state index contributed by atoms with van der Waals surface area (Å²) in [5.74, 6) is -5.67. The Morgan fingerprint density at radius 2 is 0.971 bits per heavy atom. The van der Waals surface area contributed by atoms with Gasteiger partial charge in [-0.25, -0.2) is 20.2 Å². The number of carbonyl (C=O) groups is 8. The van der Waals surface area contributed by atoms with Crippen LogP contribution in [0.25, 0.3) is 0 Å². The highest BCUT2D eigenvalue weighted by Crippen LogP contribution is 2.05. The summed E-state index contributed by atoms with van der Waals surface area (Å²) in [6, 6.07) is -2.57. The fourth-order valence-corrected chi connectivity index (χ4v) is 2.63. The van der Waals surface area contributed by atoms with Crippen molar-refractivity contribution in [1.29, 1.82) is 0 Å². The van der Waals surface area contributed by atoms with E-state index < -0.39 is 59.5 Å². The van der Waals surface area contributed by atoms with Crippen LogP contribution in [0.15, 0.2) is 0 Å². The van der Waals surface area contributed by atoms with E-state index in [4.69, 9.17) is 21.2 Å². The van der Waals surface area contributed by atoms with Gasteiger partial charge < -0.3 is 36.6 Å². The normalized spacial score (nSPS) is 11.8. The minimum absolute atomic E-state index is 0.00818. The molecule has 0 spiro atoms. The Morgan fingerprint density at radius 1 is 0.571 bits per heavy atom. The molecule has 0 saturated carbocycles. The first-order valence-electron chi connectivity index (χ1n) is 10.3. The molecule has 0 heterocycles. The van der Waals surface area contributed by atoms with Crippen LogP contribution in [0.5, 0.6) is 0 Å². The molecule has 0 unspecified atom stereocenters. The topological polar surface area (TPSA) is 283 Å². The zero-order valence-electron chi connectivity index (χ0n) is 18.5.